The Morgan fingerprint density at radius 3 is 2.68 bits per heavy atom. The van der Waals surface area contributed by atoms with E-state index in [-0.39, 0.29) is 24.8 Å². The lowest BCUT2D eigenvalue weighted by Crippen LogP contribution is -2.23. The number of amides is 2. The molecule has 1 saturated heterocycles. The van der Waals surface area contributed by atoms with Gasteiger partial charge in [-0.15, -0.1) is 0 Å². The van der Waals surface area contributed by atoms with Crippen molar-refractivity contribution >= 4 is 17.5 Å². The van der Waals surface area contributed by atoms with Crippen molar-refractivity contribution in [1.82, 2.24) is 5.32 Å². The first kappa shape index (κ1) is 16.3. The number of nitrogens with two attached hydrogens (primary N) is 1. The maximum Gasteiger partial charge on any atom is 0.224 e. The van der Waals surface area contributed by atoms with E-state index in [4.69, 9.17) is 10.5 Å². The van der Waals surface area contributed by atoms with Crippen LogP contribution >= 0.6 is 0 Å². The highest BCUT2D eigenvalue weighted by Crippen LogP contribution is 2.17. The molecule has 0 saturated carbocycles. The van der Waals surface area contributed by atoms with Gasteiger partial charge >= 0.3 is 0 Å². The molecular formula is C16H23N3O3. The molecule has 1 aromatic rings. The number of anilines is 1. The molecule has 6 nitrogen and oxygen atoms in total. The smallest absolute Gasteiger partial charge is 0.224 e. The van der Waals surface area contributed by atoms with Crippen LogP contribution in [0.4, 0.5) is 5.69 Å². The van der Waals surface area contributed by atoms with Crippen molar-refractivity contribution in [2.45, 2.75) is 38.1 Å². The van der Waals surface area contributed by atoms with Crippen molar-refractivity contribution in [2.24, 2.45) is 5.73 Å². The van der Waals surface area contributed by atoms with Crippen molar-refractivity contribution in [1.29, 1.82) is 0 Å². The molecule has 22 heavy (non-hydrogen) atoms. The molecule has 2 rings (SSSR count). The highest BCUT2D eigenvalue weighted by Gasteiger charge is 2.15. The van der Waals surface area contributed by atoms with Gasteiger partial charge in [-0.05, 0) is 50.1 Å². The summed E-state index contributed by atoms with van der Waals surface area (Å²) in [5.41, 5.74) is 5.78. The molecule has 0 spiro atoms. The molecule has 0 radical (unpaired) electrons. The Morgan fingerprint density at radius 1 is 1.27 bits per heavy atom. The first-order valence-electron chi connectivity index (χ1n) is 7.68. The van der Waals surface area contributed by atoms with Crippen LogP contribution in [0.1, 0.15) is 32.1 Å². The summed E-state index contributed by atoms with van der Waals surface area (Å²) >= 11 is 0. The number of primary amides is 1. The predicted octanol–water partition coefficient (Wildman–Crippen LogP) is 1.41. The average molecular weight is 305 g/mol. The molecule has 1 unspecified atom stereocenters. The summed E-state index contributed by atoms with van der Waals surface area (Å²) in [6.45, 7) is 1.32. The van der Waals surface area contributed by atoms with Crippen LogP contribution in [-0.4, -0.2) is 31.0 Å². The van der Waals surface area contributed by atoms with Crippen molar-refractivity contribution in [3.8, 4) is 5.75 Å². The van der Waals surface area contributed by atoms with E-state index in [1.165, 1.54) is 6.42 Å². The Hall–Kier alpha value is -2.08. The normalized spacial score (nSPS) is 17.2. The number of rotatable bonds is 8. The summed E-state index contributed by atoms with van der Waals surface area (Å²) in [7, 11) is 0. The van der Waals surface area contributed by atoms with E-state index in [0.29, 0.717) is 18.2 Å². The van der Waals surface area contributed by atoms with Gasteiger partial charge in [0.15, 0.2) is 0 Å². The molecule has 0 aromatic heterocycles. The third-order valence-electron chi connectivity index (χ3n) is 3.64. The van der Waals surface area contributed by atoms with Gasteiger partial charge in [-0.1, -0.05) is 0 Å². The molecule has 120 valence electrons. The number of benzene rings is 1. The largest absolute Gasteiger partial charge is 0.493 e. The molecule has 1 aliphatic rings. The average Bonchev–Trinajstić information content (AvgIpc) is 3.00. The van der Waals surface area contributed by atoms with Crippen LogP contribution in [0.3, 0.4) is 0 Å². The molecule has 1 atom stereocenters. The van der Waals surface area contributed by atoms with Crippen LogP contribution in [-0.2, 0) is 9.59 Å². The summed E-state index contributed by atoms with van der Waals surface area (Å²) < 4.78 is 5.37. The molecule has 0 bridgehead atoms. The van der Waals surface area contributed by atoms with E-state index in [1.54, 1.807) is 24.3 Å². The Bertz CT molecular complexity index is 496. The summed E-state index contributed by atoms with van der Waals surface area (Å²) in [6.07, 6.45) is 3.94. The van der Waals surface area contributed by atoms with E-state index in [2.05, 4.69) is 10.6 Å². The number of carbonyl (C=O) groups excluding carboxylic acids is 2. The van der Waals surface area contributed by atoms with Gasteiger partial charge in [-0.3, -0.25) is 9.59 Å². The maximum atomic E-state index is 11.9. The molecule has 4 N–H and O–H groups in total. The van der Waals surface area contributed by atoms with Crippen LogP contribution in [0, 0.1) is 0 Å². The predicted molar refractivity (Wildman–Crippen MR) is 84.6 cm³/mol. The Balaban J connectivity index is 1.70. The highest BCUT2D eigenvalue weighted by atomic mass is 16.5. The second kappa shape index (κ2) is 8.38. The number of hydrogen-bond acceptors (Lipinski definition) is 4. The van der Waals surface area contributed by atoms with Gasteiger partial charge in [0.05, 0.1) is 13.0 Å². The fourth-order valence-corrected chi connectivity index (χ4v) is 2.44. The van der Waals surface area contributed by atoms with Gasteiger partial charge in [0.1, 0.15) is 5.75 Å². The van der Waals surface area contributed by atoms with Crippen LogP contribution in [0.25, 0.3) is 0 Å². The van der Waals surface area contributed by atoms with E-state index in [0.717, 1.165) is 25.1 Å². The number of hydrogen-bond donors (Lipinski definition) is 3. The van der Waals surface area contributed by atoms with Crippen molar-refractivity contribution < 1.29 is 14.3 Å². The lowest BCUT2D eigenvalue weighted by Gasteiger charge is -2.10. The number of ether oxygens (including phenoxy) is 1. The standard InChI is InChI=1S/C16H23N3O3/c17-15(20)9-11-22-14-6-3-13(4-7-14)19-16(21)8-5-12-2-1-10-18-12/h3-4,6-7,12,18H,1-2,5,8-11H2,(H2,17,20)(H,19,21). The first-order chi connectivity index (χ1) is 10.6. The van der Waals surface area contributed by atoms with E-state index in [9.17, 15) is 9.59 Å². The Labute approximate surface area is 130 Å². The Morgan fingerprint density at radius 2 is 2.05 bits per heavy atom. The van der Waals surface area contributed by atoms with Crippen molar-refractivity contribution in [2.75, 3.05) is 18.5 Å². The molecule has 1 aromatic carbocycles. The second-order valence-electron chi connectivity index (χ2n) is 5.47. The third kappa shape index (κ3) is 5.73. The zero-order chi connectivity index (χ0) is 15.8. The molecule has 1 fully saturated rings. The quantitative estimate of drug-likeness (QED) is 0.677. The van der Waals surface area contributed by atoms with Crippen LogP contribution in [0.15, 0.2) is 24.3 Å². The van der Waals surface area contributed by atoms with Gasteiger partial charge in [-0.2, -0.15) is 0 Å². The SMILES string of the molecule is NC(=O)CCOc1ccc(NC(=O)CCC2CCCN2)cc1. The van der Waals surface area contributed by atoms with Crippen LogP contribution < -0.4 is 21.1 Å². The van der Waals surface area contributed by atoms with Gasteiger partial charge in [0.25, 0.3) is 0 Å². The monoisotopic (exact) mass is 305 g/mol. The zero-order valence-electron chi connectivity index (χ0n) is 12.6. The van der Waals surface area contributed by atoms with Gasteiger partial charge in [0, 0.05) is 18.2 Å². The topological polar surface area (TPSA) is 93.5 Å². The summed E-state index contributed by atoms with van der Waals surface area (Å²) in [5, 5.41) is 6.25. The van der Waals surface area contributed by atoms with E-state index < -0.39 is 0 Å². The minimum Gasteiger partial charge on any atom is -0.493 e. The van der Waals surface area contributed by atoms with Gasteiger partial charge < -0.3 is 21.1 Å². The first-order valence-corrected chi connectivity index (χ1v) is 7.68. The third-order valence-corrected chi connectivity index (χ3v) is 3.64. The van der Waals surface area contributed by atoms with Gasteiger partial charge in [0.2, 0.25) is 11.8 Å². The van der Waals surface area contributed by atoms with E-state index in [1.807, 2.05) is 0 Å². The fraction of sp³-hybridized carbons (Fsp3) is 0.500. The molecule has 1 heterocycles. The minimum absolute atomic E-state index is 0.0242. The Kier molecular flexibility index (Phi) is 6.21. The second-order valence-corrected chi connectivity index (χ2v) is 5.47. The fourth-order valence-electron chi connectivity index (χ4n) is 2.44. The summed E-state index contributed by atoms with van der Waals surface area (Å²) in [6, 6.07) is 7.56. The van der Waals surface area contributed by atoms with Crippen LogP contribution in [0.2, 0.25) is 0 Å². The van der Waals surface area contributed by atoms with E-state index >= 15 is 0 Å². The molecule has 1 aliphatic heterocycles. The zero-order valence-corrected chi connectivity index (χ0v) is 12.6. The summed E-state index contributed by atoms with van der Waals surface area (Å²) in [4.78, 5) is 22.5. The summed E-state index contributed by atoms with van der Waals surface area (Å²) in [5.74, 6) is 0.283. The molecular weight excluding hydrogens is 282 g/mol. The highest BCUT2D eigenvalue weighted by molar-refractivity contribution is 5.90. The maximum absolute atomic E-state index is 11.9. The lowest BCUT2D eigenvalue weighted by atomic mass is 10.1. The lowest BCUT2D eigenvalue weighted by molar-refractivity contribution is -0.118. The van der Waals surface area contributed by atoms with Crippen molar-refractivity contribution in [3.63, 3.8) is 0 Å². The number of nitrogens with one attached hydrogen (secondary N) is 2. The molecule has 2 amide bonds. The molecule has 0 aliphatic carbocycles. The molecule has 6 heteroatoms. The van der Waals surface area contributed by atoms with Crippen LogP contribution in [0.5, 0.6) is 5.75 Å². The van der Waals surface area contributed by atoms with Crippen molar-refractivity contribution in [3.05, 3.63) is 24.3 Å². The number of carbonyl (C=O) groups is 2. The van der Waals surface area contributed by atoms with Gasteiger partial charge in [-0.25, -0.2) is 0 Å². The minimum atomic E-state index is -0.388.